The van der Waals surface area contributed by atoms with Crippen molar-refractivity contribution in [3.05, 3.63) is 46.5 Å². The van der Waals surface area contributed by atoms with E-state index in [1.807, 2.05) is 5.38 Å². The number of hydrogen-bond donors (Lipinski definition) is 1. The van der Waals surface area contributed by atoms with Crippen molar-refractivity contribution in [2.24, 2.45) is 0 Å². The SMILES string of the molecule is O=C(NCC(=O)c1cccs1)c1ccco1. The molecule has 16 heavy (non-hydrogen) atoms. The number of thiophene rings is 1. The van der Waals surface area contributed by atoms with E-state index < -0.39 is 0 Å². The lowest BCUT2D eigenvalue weighted by atomic mass is 10.3. The van der Waals surface area contributed by atoms with Gasteiger partial charge in [-0.05, 0) is 23.6 Å². The summed E-state index contributed by atoms with van der Waals surface area (Å²) < 4.78 is 4.90. The topological polar surface area (TPSA) is 59.3 Å². The predicted octanol–water partition coefficient (Wildman–Crippen LogP) is 1.95. The lowest BCUT2D eigenvalue weighted by Gasteiger charge is -2.00. The van der Waals surface area contributed by atoms with Crippen molar-refractivity contribution in [3.63, 3.8) is 0 Å². The zero-order valence-electron chi connectivity index (χ0n) is 8.30. The van der Waals surface area contributed by atoms with Crippen LogP contribution >= 0.6 is 11.3 Å². The molecule has 4 nitrogen and oxygen atoms in total. The first-order valence-electron chi connectivity index (χ1n) is 4.66. The lowest BCUT2D eigenvalue weighted by Crippen LogP contribution is -2.28. The number of carbonyl (C=O) groups is 2. The fraction of sp³-hybridized carbons (Fsp3) is 0.0909. The molecule has 0 aromatic carbocycles. The third kappa shape index (κ3) is 2.38. The Hall–Kier alpha value is -1.88. The number of Topliss-reactive ketones (excluding diaryl/α,β-unsaturated/α-hetero) is 1. The number of nitrogens with one attached hydrogen (secondary N) is 1. The quantitative estimate of drug-likeness (QED) is 0.824. The number of furan rings is 1. The summed E-state index contributed by atoms with van der Waals surface area (Å²) in [5, 5.41) is 4.32. The fourth-order valence-corrected chi connectivity index (χ4v) is 1.84. The average molecular weight is 235 g/mol. The van der Waals surface area contributed by atoms with Gasteiger partial charge in [0.1, 0.15) is 0 Å². The van der Waals surface area contributed by atoms with Crippen molar-refractivity contribution < 1.29 is 14.0 Å². The van der Waals surface area contributed by atoms with Gasteiger partial charge in [-0.3, -0.25) is 9.59 Å². The maximum Gasteiger partial charge on any atom is 0.287 e. The zero-order chi connectivity index (χ0) is 11.4. The summed E-state index contributed by atoms with van der Waals surface area (Å²) >= 11 is 1.36. The number of ketones is 1. The summed E-state index contributed by atoms with van der Waals surface area (Å²) in [6.07, 6.45) is 1.41. The van der Waals surface area contributed by atoms with Gasteiger partial charge in [0.25, 0.3) is 5.91 Å². The third-order valence-corrected chi connectivity index (χ3v) is 2.86. The molecule has 0 aliphatic heterocycles. The van der Waals surface area contributed by atoms with Crippen molar-refractivity contribution in [2.45, 2.75) is 0 Å². The van der Waals surface area contributed by atoms with Crippen LogP contribution in [0.3, 0.4) is 0 Å². The number of carbonyl (C=O) groups excluding carboxylic acids is 2. The minimum Gasteiger partial charge on any atom is -0.459 e. The van der Waals surface area contributed by atoms with E-state index in [0.717, 1.165) is 0 Å². The molecule has 2 rings (SSSR count). The van der Waals surface area contributed by atoms with Crippen molar-refractivity contribution in [2.75, 3.05) is 6.54 Å². The highest BCUT2D eigenvalue weighted by Gasteiger charge is 2.11. The van der Waals surface area contributed by atoms with Crippen molar-refractivity contribution >= 4 is 23.0 Å². The highest BCUT2D eigenvalue weighted by molar-refractivity contribution is 7.12. The maximum absolute atomic E-state index is 11.5. The highest BCUT2D eigenvalue weighted by Crippen LogP contribution is 2.08. The van der Waals surface area contributed by atoms with Crippen LogP contribution in [-0.2, 0) is 0 Å². The van der Waals surface area contributed by atoms with Crippen LogP contribution in [0.1, 0.15) is 20.2 Å². The largest absolute Gasteiger partial charge is 0.459 e. The fourth-order valence-electron chi connectivity index (χ4n) is 1.18. The number of hydrogen-bond acceptors (Lipinski definition) is 4. The van der Waals surface area contributed by atoms with Crippen LogP contribution in [0.2, 0.25) is 0 Å². The van der Waals surface area contributed by atoms with Crippen molar-refractivity contribution in [3.8, 4) is 0 Å². The van der Waals surface area contributed by atoms with Gasteiger partial charge in [-0.15, -0.1) is 11.3 Å². The summed E-state index contributed by atoms with van der Waals surface area (Å²) in [5.41, 5.74) is 0. The van der Waals surface area contributed by atoms with E-state index in [9.17, 15) is 9.59 Å². The lowest BCUT2D eigenvalue weighted by molar-refractivity contribution is 0.0886. The molecule has 0 fully saturated rings. The van der Waals surface area contributed by atoms with Crippen LogP contribution < -0.4 is 5.32 Å². The summed E-state index contributed by atoms with van der Waals surface area (Å²) in [7, 11) is 0. The second kappa shape index (κ2) is 4.76. The molecule has 0 saturated heterocycles. The van der Waals surface area contributed by atoms with E-state index in [-0.39, 0.29) is 24.0 Å². The molecule has 82 valence electrons. The minimum atomic E-state index is -0.380. The van der Waals surface area contributed by atoms with E-state index >= 15 is 0 Å². The second-order valence-corrected chi connectivity index (χ2v) is 4.01. The Labute approximate surface area is 95.9 Å². The highest BCUT2D eigenvalue weighted by atomic mass is 32.1. The Bertz CT molecular complexity index is 427. The molecule has 2 aromatic heterocycles. The first-order valence-corrected chi connectivity index (χ1v) is 5.54. The van der Waals surface area contributed by atoms with Crippen LogP contribution in [0.4, 0.5) is 0 Å². The molecule has 0 unspecified atom stereocenters. The summed E-state index contributed by atoms with van der Waals surface area (Å²) in [5.74, 6) is -0.274. The van der Waals surface area contributed by atoms with Crippen LogP contribution in [0.25, 0.3) is 0 Å². The van der Waals surface area contributed by atoms with Gasteiger partial charge in [-0.1, -0.05) is 6.07 Å². The normalized spacial score (nSPS) is 10.0. The Morgan fingerprint density at radius 1 is 1.31 bits per heavy atom. The Morgan fingerprint density at radius 3 is 2.81 bits per heavy atom. The molecule has 1 amide bonds. The van der Waals surface area contributed by atoms with Gasteiger partial charge in [0.15, 0.2) is 11.5 Å². The van der Waals surface area contributed by atoms with Gasteiger partial charge in [0.05, 0.1) is 17.7 Å². The van der Waals surface area contributed by atoms with Gasteiger partial charge < -0.3 is 9.73 Å². The molecule has 1 N–H and O–H groups in total. The maximum atomic E-state index is 11.5. The van der Waals surface area contributed by atoms with Gasteiger partial charge in [0, 0.05) is 0 Å². The number of rotatable bonds is 4. The molecular weight excluding hydrogens is 226 g/mol. The van der Waals surface area contributed by atoms with E-state index in [1.165, 1.54) is 17.6 Å². The average Bonchev–Trinajstić information content (AvgIpc) is 2.95. The first kappa shape index (κ1) is 10.6. The molecule has 0 spiro atoms. The molecule has 2 aromatic rings. The summed E-state index contributed by atoms with van der Waals surface area (Å²) in [4.78, 5) is 23.6. The van der Waals surface area contributed by atoms with Crippen LogP contribution in [0.15, 0.2) is 40.3 Å². The molecule has 0 bridgehead atoms. The van der Waals surface area contributed by atoms with Gasteiger partial charge in [-0.2, -0.15) is 0 Å². The van der Waals surface area contributed by atoms with Gasteiger partial charge >= 0.3 is 0 Å². The molecular formula is C11H9NO3S. The summed E-state index contributed by atoms with van der Waals surface area (Å²) in [6.45, 7) is -0.0138. The molecule has 5 heteroatoms. The molecule has 0 saturated carbocycles. The third-order valence-electron chi connectivity index (χ3n) is 1.95. The molecule has 0 atom stereocenters. The molecule has 0 aliphatic carbocycles. The van der Waals surface area contributed by atoms with E-state index in [1.54, 1.807) is 24.3 Å². The standard InChI is InChI=1S/C11H9NO3S/c13-8(10-4-2-6-16-10)7-12-11(14)9-3-1-5-15-9/h1-6H,7H2,(H,12,14). The first-order chi connectivity index (χ1) is 7.77. The van der Waals surface area contributed by atoms with E-state index in [2.05, 4.69) is 5.32 Å². The Kier molecular flexibility index (Phi) is 3.16. The van der Waals surface area contributed by atoms with E-state index in [4.69, 9.17) is 4.42 Å². The van der Waals surface area contributed by atoms with Crippen molar-refractivity contribution in [1.29, 1.82) is 0 Å². The second-order valence-electron chi connectivity index (χ2n) is 3.06. The Morgan fingerprint density at radius 2 is 2.19 bits per heavy atom. The predicted molar refractivity (Wildman–Crippen MR) is 59.7 cm³/mol. The van der Waals surface area contributed by atoms with Crippen LogP contribution in [0, 0.1) is 0 Å². The molecule has 0 aliphatic rings. The Balaban J connectivity index is 1.89. The van der Waals surface area contributed by atoms with Crippen LogP contribution in [0.5, 0.6) is 0 Å². The minimum absolute atomic E-state index is 0.0138. The monoisotopic (exact) mass is 235 g/mol. The smallest absolute Gasteiger partial charge is 0.287 e. The molecule has 2 heterocycles. The van der Waals surface area contributed by atoms with Gasteiger partial charge in [0.2, 0.25) is 0 Å². The zero-order valence-corrected chi connectivity index (χ0v) is 9.12. The van der Waals surface area contributed by atoms with Crippen molar-refractivity contribution in [1.82, 2.24) is 5.32 Å². The number of amides is 1. The van der Waals surface area contributed by atoms with Crippen LogP contribution in [-0.4, -0.2) is 18.2 Å². The van der Waals surface area contributed by atoms with E-state index in [0.29, 0.717) is 4.88 Å². The summed E-state index contributed by atoms with van der Waals surface area (Å²) in [6, 6.07) is 6.69. The van der Waals surface area contributed by atoms with Gasteiger partial charge in [-0.25, -0.2) is 0 Å². The molecule has 0 radical (unpaired) electrons.